The van der Waals surface area contributed by atoms with Crippen LogP contribution in [0.5, 0.6) is 0 Å². The molecule has 1 saturated heterocycles. The number of benzene rings is 2. The van der Waals surface area contributed by atoms with Gasteiger partial charge >= 0.3 is 0 Å². The standard InChI is InChI=1S/C19H22BrNO/c20-17-11-9-16(10-12-17)19(22)18(15-7-3-1-4-8-15)21-13-5-2-6-14-21/h1,3-4,7-12,18-19,22H,2,5-6,13-14H2/t18-,19-/m0/s1. The molecule has 2 atom stereocenters. The molecule has 2 nitrogen and oxygen atoms in total. The van der Waals surface area contributed by atoms with Gasteiger partial charge in [0.05, 0.1) is 12.1 Å². The van der Waals surface area contributed by atoms with E-state index in [1.165, 1.54) is 24.8 Å². The largest absolute Gasteiger partial charge is 0.386 e. The van der Waals surface area contributed by atoms with Crippen LogP contribution in [-0.4, -0.2) is 23.1 Å². The number of hydrogen-bond acceptors (Lipinski definition) is 2. The summed E-state index contributed by atoms with van der Waals surface area (Å²) in [5.41, 5.74) is 2.17. The van der Waals surface area contributed by atoms with E-state index in [0.29, 0.717) is 0 Å². The maximum Gasteiger partial charge on any atom is 0.0986 e. The summed E-state index contributed by atoms with van der Waals surface area (Å²) in [5, 5.41) is 11.0. The van der Waals surface area contributed by atoms with E-state index >= 15 is 0 Å². The zero-order valence-corrected chi connectivity index (χ0v) is 14.2. The first-order valence-corrected chi connectivity index (χ1v) is 8.77. The molecule has 1 aliphatic heterocycles. The molecule has 0 aromatic heterocycles. The summed E-state index contributed by atoms with van der Waals surface area (Å²) in [6.45, 7) is 2.13. The van der Waals surface area contributed by atoms with Gasteiger partial charge in [0.15, 0.2) is 0 Å². The Morgan fingerprint density at radius 2 is 1.45 bits per heavy atom. The molecule has 3 heteroatoms. The van der Waals surface area contributed by atoms with Crippen molar-refractivity contribution in [2.45, 2.75) is 31.4 Å². The summed E-state index contributed by atoms with van der Waals surface area (Å²) in [6.07, 6.45) is 3.23. The number of likely N-dealkylation sites (tertiary alicyclic amines) is 1. The zero-order valence-electron chi connectivity index (χ0n) is 12.7. The molecule has 22 heavy (non-hydrogen) atoms. The fourth-order valence-electron chi connectivity index (χ4n) is 3.28. The first-order valence-electron chi connectivity index (χ1n) is 7.98. The normalized spacial score (nSPS) is 18.8. The molecule has 0 bridgehead atoms. The van der Waals surface area contributed by atoms with Gasteiger partial charge in [0.1, 0.15) is 0 Å². The molecular weight excluding hydrogens is 338 g/mol. The van der Waals surface area contributed by atoms with Gasteiger partial charge in [-0.3, -0.25) is 4.90 Å². The Bertz CT molecular complexity index is 578. The van der Waals surface area contributed by atoms with Crippen molar-refractivity contribution < 1.29 is 5.11 Å². The van der Waals surface area contributed by atoms with Crippen LogP contribution in [-0.2, 0) is 0 Å². The van der Waals surface area contributed by atoms with Crippen LogP contribution in [0.4, 0.5) is 0 Å². The first-order chi connectivity index (χ1) is 10.8. The number of aliphatic hydroxyl groups is 1. The Kier molecular flexibility index (Phi) is 5.29. The number of hydrogen-bond donors (Lipinski definition) is 1. The maximum absolute atomic E-state index is 11.0. The minimum atomic E-state index is -0.506. The van der Waals surface area contributed by atoms with Crippen LogP contribution in [0.1, 0.15) is 42.5 Å². The third kappa shape index (κ3) is 3.60. The van der Waals surface area contributed by atoms with Crippen molar-refractivity contribution >= 4 is 15.9 Å². The van der Waals surface area contributed by atoms with Crippen LogP contribution < -0.4 is 0 Å². The molecule has 0 saturated carbocycles. The summed E-state index contributed by atoms with van der Waals surface area (Å²) in [4.78, 5) is 2.44. The lowest BCUT2D eigenvalue weighted by Crippen LogP contribution is -2.37. The molecule has 1 fully saturated rings. The Morgan fingerprint density at radius 1 is 0.818 bits per heavy atom. The lowest BCUT2D eigenvalue weighted by molar-refractivity contribution is 0.0362. The summed E-state index contributed by atoms with van der Waals surface area (Å²) < 4.78 is 1.04. The molecule has 0 radical (unpaired) electrons. The highest BCUT2D eigenvalue weighted by atomic mass is 79.9. The molecular formula is C19H22BrNO. The quantitative estimate of drug-likeness (QED) is 0.854. The number of rotatable bonds is 4. The van der Waals surface area contributed by atoms with Crippen molar-refractivity contribution in [1.82, 2.24) is 4.90 Å². The number of halogens is 1. The van der Waals surface area contributed by atoms with Gasteiger partial charge in [0, 0.05) is 4.47 Å². The fraction of sp³-hybridized carbons (Fsp3) is 0.368. The van der Waals surface area contributed by atoms with E-state index in [2.05, 4.69) is 45.1 Å². The zero-order chi connectivity index (χ0) is 15.4. The molecule has 1 aliphatic rings. The average Bonchev–Trinajstić information content (AvgIpc) is 2.57. The van der Waals surface area contributed by atoms with Crippen LogP contribution in [0, 0.1) is 0 Å². The average molecular weight is 360 g/mol. The van der Waals surface area contributed by atoms with Crippen LogP contribution in [0.2, 0.25) is 0 Å². The van der Waals surface area contributed by atoms with Gasteiger partial charge in [-0.25, -0.2) is 0 Å². The number of nitrogens with zero attached hydrogens (tertiary/aromatic N) is 1. The molecule has 1 N–H and O–H groups in total. The summed E-state index contributed by atoms with van der Waals surface area (Å²) in [6, 6.07) is 18.4. The van der Waals surface area contributed by atoms with Gasteiger partial charge in [-0.1, -0.05) is 64.8 Å². The van der Waals surface area contributed by atoms with Crippen LogP contribution >= 0.6 is 15.9 Å². The minimum Gasteiger partial charge on any atom is -0.386 e. The maximum atomic E-state index is 11.0. The molecule has 0 unspecified atom stereocenters. The second-order valence-corrected chi connectivity index (χ2v) is 6.86. The highest BCUT2D eigenvalue weighted by Gasteiger charge is 2.29. The highest BCUT2D eigenvalue weighted by Crippen LogP contribution is 2.36. The van der Waals surface area contributed by atoms with E-state index in [9.17, 15) is 5.11 Å². The SMILES string of the molecule is O[C@@H](c1ccc(Br)cc1)[C@H](c1ccccc1)N1CCCCC1. The van der Waals surface area contributed by atoms with E-state index in [-0.39, 0.29) is 6.04 Å². The van der Waals surface area contributed by atoms with E-state index in [1.807, 2.05) is 30.3 Å². The van der Waals surface area contributed by atoms with Gasteiger partial charge in [-0.2, -0.15) is 0 Å². The van der Waals surface area contributed by atoms with Gasteiger partial charge in [-0.05, 0) is 49.2 Å². The second kappa shape index (κ2) is 7.40. The number of aliphatic hydroxyl groups excluding tert-OH is 1. The van der Waals surface area contributed by atoms with Crippen LogP contribution in [0.25, 0.3) is 0 Å². The Balaban J connectivity index is 1.91. The van der Waals surface area contributed by atoms with Crippen LogP contribution in [0.3, 0.4) is 0 Å². The monoisotopic (exact) mass is 359 g/mol. The van der Waals surface area contributed by atoms with Gasteiger partial charge < -0.3 is 5.11 Å². The highest BCUT2D eigenvalue weighted by molar-refractivity contribution is 9.10. The first kappa shape index (κ1) is 15.7. The van der Waals surface area contributed by atoms with E-state index in [0.717, 1.165) is 23.1 Å². The molecule has 3 rings (SSSR count). The fourth-order valence-corrected chi connectivity index (χ4v) is 3.55. The Morgan fingerprint density at radius 3 is 2.09 bits per heavy atom. The predicted molar refractivity (Wildman–Crippen MR) is 93.7 cm³/mol. The van der Waals surface area contributed by atoms with E-state index in [1.54, 1.807) is 0 Å². The molecule has 2 aromatic carbocycles. The smallest absolute Gasteiger partial charge is 0.0986 e. The molecule has 0 aliphatic carbocycles. The van der Waals surface area contributed by atoms with Gasteiger partial charge in [0.2, 0.25) is 0 Å². The molecule has 1 heterocycles. The summed E-state index contributed by atoms with van der Waals surface area (Å²) >= 11 is 3.46. The van der Waals surface area contributed by atoms with Crippen molar-refractivity contribution in [1.29, 1.82) is 0 Å². The summed E-state index contributed by atoms with van der Waals surface area (Å²) in [7, 11) is 0. The topological polar surface area (TPSA) is 23.5 Å². The summed E-state index contributed by atoms with van der Waals surface area (Å²) in [5.74, 6) is 0. The third-order valence-electron chi connectivity index (χ3n) is 4.44. The third-order valence-corrected chi connectivity index (χ3v) is 4.96. The Hall–Kier alpha value is -1.16. The Labute approximate surface area is 140 Å². The lowest BCUT2D eigenvalue weighted by Gasteiger charge is -2.37. The van der Waals surface area contributed by atoms with E-state index in [4.69, 9.17) is 0 Å². The molecule has 116 valence electrons. The molecule has 0 amide bonds. The number of piperidine rings is 1. The van der Waals surface area contributed by atoms with E-state index < -0.39 is 6.10 Å². The van der Waals surface area contributed by atoms with Crippen molar-refractivity contribution in [3.63, 3.8) is 0 Å². The molecule has 0 spiro atoms. The predicted octanol–water partition coefficient (Wildman–Crippen LogP) is 4.71. The lowest BCUT2D eigenvalue weighted by atomic mass is 9.93. The van der Waals surface area contributed by atoms with Gasteiger partial charge in [0.25, 0.3) is 0 Å². The van der Waals surface area contributed by atoms with Crippen molar-refractivity contribution in [2.75, 3.05) is 13.1 Å². The van der Waals surface area contributed by atoms with Crippen LogP contribution in [0.15, 0.2) is 59.1 Å². The van der Waals surface area contributed by atoms with Gasteiger partial charge in [-0.15, -0.1) is 0 Å². The van der Waals surface area contributed by atoms with Crippen molar-refractivity contribution in [3.05, 3.63) is 70.2 Å². The minimum absolute atomic E-state index is 0.0303. The van der Waals surface area contributed by atoms with Crippen molar-refractivity contribution in [3.8, 4) is 0 Å². The molecule has 2 aromatic rings. The second-order valence-electron chi connectivity index (χ2n) is 5.95. The van der Waals surface area contributed by atoms with Crippen molar-refractivity contribution in [2.24, 2.45) is 0 Å².